The van der Waals surface area contributed by atoms with Crippen molar-refractivity contribution in [3.63, 3.8) is 0 Å². The first-order valence-corrected chi connectivity index (χ1v) is 8.19. The molecule has 0 spiro atoms. The Bertz CT molecular complexity index is 951. The second kappa shape index (κ2) is 5.18. The van der Waals surface area contributed by atoms with Gasteiger partial charge in [-0.2, -0.15) is 5.10 Å². The predicted octanol–water partition coefficient (Wildman–Crippen LogP) is 3.89. The molecule has 3 heterocycles. The molecule has 2 aliphatic rings. The lowest BCUT2D eigenvalue weighted by molar-refractivity contribution is 0.174. The van der Waals surface area contributed by atoms with Crippen molar-refractivity contribution < 1.29 is 9.47 Å². The molecule has 2 aromatic carbocycles. The lowest BCUT2D eigenvalue weighted by Gasteiger charge is -2.06. The molecule has 2 aliphatic heterocycles. The topological polar surface area (TPSA) is 48.3 Å². The SMILES string of the molecule is Clc1cccc(-n2nc(-c3ccc4c(c3)OCO4)c3c2NCC3)c1. The maximum Gasteiger partial charge on any atom is 0.231 e. The fourth-order valence-corrected chi connectivity index (χ4v) is 3.43. The molecule has 0 atom stereocenters. The van der Waals surface area contributed by atoms with Crippen LogP contribution in [0.3, 0.4) is 0 Å². The largest absolute Gasteiger partial charge is 0.454 e. The van der Waals surface area contributed by atoms with Crippen molar-refractivity contribution in [1.82, 2.24) is 9.78 Å². The Morgan fingerprint density at radius 1 is 1.08 bits per heavy atom. The molecule has 0 amide bonds. The molecule has 0 saturated heterocycles. The second-order valence-corrected chi connectivity index (χ2v) is 6.25. The second-order valence-electron chi connectivity index (χ2n) is 5.81. The average molecular weight is 340 g/mol. The van der Waals surface area contributed by atoms with Gasteiger partial charge in [0.15, 0.2) is 11.5 Å². The summed E-state index contributed by atoms with van der Waals surface area (Å²) in [6.07, 6.45) is 0.944. The highest BCUT2D eigenvalue weighted by molar-refractivity contribution is 6.30. The van der Waals surface area contributed by atoms with E-state index in [0.717, 1.165) is 47.2 Å². The van der Waals surface area contributed by atoms with E-state index in [4.69, 9.17) is 26.2 Å². The van der Waals surface area contributed by atoms with E-state index in [9.17, 15) is 0 Å². The molecule has 5 rings (SSSR count). The summed E-state index contributed by atoms with van der Waals surface area (Å²) >= 11 is 6.14. The van der Waals surface area contributed by atoms with Crippen LogP contribution in [0.4, 0.5) is 5.82 Å². The quantitative estimate of drug-likeness (QED) is 0.769. The van der Waals surface area contributed by atoms with Crippen LogP contribution in [0.5, 0.6) is 11.5 Å². The molecule has 6 heteroatoms. The summed E-state index contributed by atoms with van der Waals surface area (Å²) in [5.41, 5.74) is 4.15. The van der Waals surface area contributed by atoms with Gasteiger partial charge in [0.1, 0.15) is 5.82 Å². The zero-order valence-corrected chi connectivity index (χ0v) is 13.5. The van der Waals surface area contributed by atoms with Crippen LogP contribution in [0, 0.1) is 0 Å². The first-order valence-electron chi connectivity index (χ1n) is 7.81. The van der Waals surface area contributed by atoms with Gasteiger partial charge in [-0.3, -0.25) is 0 Å². The molecule has 0 saturated carbocycles. The zero-order chi connectivity index (χ0) is 16.1. The number of benzene rings is 2. The minimum Gasteiger partial charge on any atom is -0.454 e. The molecule has 3 aromatic rings. The lowest BCUT2D eigenvalue weighted by Crippen LogP contribution is -2.04. The van der Waals surface area contributed by atoms with E-state index in [2.05, 4.69) is 5.32 Å². The summed E-state index contributed by atoms with van der Waals surface area (Å²) < 4.78 is 12.8. The minimum absolute atomic E-state index is 0.273. The molecule has 0 aliphatic carbocycles. The number of ether oxygens (including phenoxy) is 2. The van der Waals surface area contributed by atoms with Crippen LogP contribution in [0.25, 0.3) is 16.9 Å². The first kappa shape index (κ1) is 13.7. The van der Waals surface area contributed by atoms with Gasteiger partial charge in [0, 0.05) is 22.7 Å². The highest BCUT2D eigenvalue weighted by Crippen LogP contribution is 2.39. The standard InChI is InChI=1S/C18H14ClN3O2/c19-12-2-1-3-13(9-12)22-18-14(6-7-20-18)17(21-22)11-4-5-15-16(8-11)24-10-23-15/h1-5,8-9,20H,6-7,10H2. The number of nitrogens with one attached hydrogen (secondary N) is 1. The minimum atomic E-state index is 0.273. The molecule has 0 fully saturated rings. The molecule has 1 N–H and O–H groups in total. The third kappa shape index (κ3) is 2.05. The van der Waals surface area contributed by atoms with Crippen LogP contribution < -0.4 is 14.8 Å². The van der Waals surface area contributed by atoms with Crippen molar-refractivity contribution in [2.75, 3.05) is 18.7 Å². The van der Waals surface area contributed by atoms with Gasteiger partial charge in [-0.1, -0.05) is 17.7 Å². The lowest BCUT2D eigenvalue weighted by atomic mass is 10.1. The smallest absolute Gasteiger partial charge is 0.231 e. The fraction of sp³-hybridized carbons (Fsp3) is 0.167. The van der Waals surface area contributed by atoms with Gasteiger partial charge < -0.3 is 14.8 Å². The Labute approximate surface area is 143 Å². The van der Waals surface area contributed by atoms with Gasteiger partial charge in [-0.15, -0.1) is 0 Å². The molecule has 0 bridgehead atoms. The van der Waals surface area contributed by atoms with E-state index < -0.39 is 0 Å². The number of rotatable bonds is 2. The molecule has 1 aromatic heterocycles. The summed E-state index contributed by atoms with van der Waals surface area (Å²) in [5.74, 6) is 2.58. The van der Waals surface area contributed by atoms with Crippen molar-refractivity contribution in [3.05, 3.63) is 53.1 Å². The molecular formula is C18H14ClN3O2. The van der Waals surface area contributed by atoms with Crippen LogP contribution in [0.1, 0.15) is 5.56 Å². The number of nitrogens with zero attached hydrogens (tertiary/aromatic N) is 2. The van der Waals surface area contributed by atoms with Crippen LogP contribution in [0.2, 0.25) is 5.02 Å². The van der Waals surface area contributed by atoms with Gasteiger partial charge in [-0.25, -0.2) is 4.68 Å². The molecule has 24 heavy (non-hydrogen) atoms. The van der Waals surface area contributed by atoms with E-state index in [0.29, 0.717) is 5.02 Å². The monoisotopic (exact) mass is 339 g/mol. The van der Waals surface area contributed by atoms with Crippen molar-refractivity contribution in [1.29, 1.82) is 0 Å². The summed E-state index contributed by atoms with van der Waals surface area (Å²) in [6.45, 7) is 1.18. The van der Waals surface area contributed by atoms with E-state index in [1.165, 1.54) is 5.56 Å². The van der Waals surface area contributed by atoms with Crippen molar-refractivity contribution in [2.24, 2.45) is 0 Å². The van der Waals surface area contributed by atoms with E-state index in [1.807, 2.05) is 47.1 Å². The number of hydrogen-bond donors (Lipinski definition) is 1. The number of hydrogen-bond acceptors (Lipinski definition) is 4. The van der Waals surface area contributed by atoms with Gasteiger partial charge in [0.25, 0.3) is 0 Å². The Hall–Kier alpha value is -2.66. The third-order valence-electron chi connectivity index (χ3n) is 4.35. The maximum atomic E-state index is 6.14. The maximum absolute atomic E-state index is 6.14. The van der Waals surface area contributed by atoms with Crippen LogP contribution in [-0.4, -0.2) is 23.1 Å². The number of anilines is 1. The molecule has 120 valence electrons. The zero-order valence-electron chi connectivity index (χ0n) is 12.8. The number of fused-ring (bicyclic) bond motifs is 2. The van der Waals surface area contributed by atoms with Gasteiger partial charge in [0.2, 0.25) is 6.79 Å². The van der Waals surface area contributed by atoms with Crippen LogP contribution in [0.15, 0.2) is 42.5 Å². The van der Waals surface area contributed by atoms with Crippen molar-refractivity contribution >= 4 is 17.4 Å². The fourth-order valence-electron chi connectivity index (χ4n) is 3.25. The van der Waals surface area contributed by atoms with Gasteiger partial charge in [0.05, 0.1) is 11.4 Å². The highest BCUT2D eigenvalue weighted by atomic mass is 35.5. The van der Waals surface area contributed by atoms with Crippen molar-refractivity contribution in [3.8, 4) is 28.4 Å². The number of aromatic nitrogens is 2. The Morgan fingerprint density at radius 2 is 2.00 bits per heavy atom. The molecular weight excluding hydrogens is 326 g/mol. The van der Waals surface area contributed by atoms with Gasteiger partial charge in [-0.05, 0) is 42.8 Å². The van der Waals surface area contributed by atoms with E-state index >= 15 is 0 Å². The summed E-state index contributed by atoms with van der Waals surface area (Å²) in [6, 6.07) is 13.7. The average Bonchev–Trinajstić information content (AvgIpc) is 3.30. The van der Waals surface area contributed by atoms with Crippen LogP contribution in [-0.2, 0) is 6.42 Å². The van der Waals surface area contributed by atoms with E-state index in [-0.39, 0.29) is 6.79 Å². The molecule has 5 nitrogen and oxygen atoms in total. The highest BCUT2D eigenvalue weighted by Gasteiger charge is 2.25. The summed E-state index contributed by atoms with van der Waals surface area (Å²) in [4.78, 5) is 0. The van der Waals surface area contributed by atoms with Crippen molar-refractivity contribution in [2.45, 2.75) is 6.42 Å². The molecule has 0 unspecified atom stereocenters. The predicted molar refractivity (Wildman–Crippen MR) is 92.3 cm³/mol. The third-order valence-corrected chi connectivity index (χ3v) is 4.58. The van der Waals surface area contributed by atoms with E-state index in [1.54, 1.807) is 0 Å². The molecule has 0 radical (unpaired) electrons. The normalized spacial score (nSPS) is 14.5. The van der Waals surface area contributed by atoms with Gasteiger partial charge >= 0.3 is 0 Å². The number of halogens is 1. The summed E-state index contributed by atoms with van der Waals surface area (Å²) in [7, 11) is 0. The van der Waals surface area contributed by atoms with Crippen LogP contribution >= 0.6 is 11.6 Å². The summed E-state index contributed by atoms with van der Waals surface area (Å²) in [5, 5.41) is 8.96. The Balaban J connectivity index is 1.67. The first-order chi connectivity index (χ1) is 11.8. The Kier molecular flexibility index (Phi) is 2.97. The Morgan fingerprint density at radius 3 is 2.92 bits per heavy atom.